The predicted octanol–water partition coefficient (Wildman–Crippen LogP) is 7.26. The lowest BCUT2D eigenvalue weighted by atomic mass is 10.1. The van der Waals surface area contributed by atoms with Gasteiger partial charge in [-0.1, -0.05) is 12.1 Å². The maximum atomic E-state index is 12.3. The van der Waals surface area contributed by atoms with Crippen LogP contribution in [-0.2, 0) is 30.4 Å². The molecule has 1 heterocycles. The number of hydrogen-bond acceptors (Lipinski definition) is 14. The highest BCUT2D eigenvalue weighted by molar-refractivity contribution is 7.86. The van der Waals surface area contributed by atoms with Gasteiger partial charge in [0.25, 0.3) is 30.4 Å². The van der Waals surface area contributed by atoms with Crippen LogP contribution in [0.5, 0.6) is 0 Å². The second-order valence-corrected chi connectivity index (χ2v) is 14.9. The first-order valence-corrected chi connectivity index (χ1v) is 18.3. The first kappa shape index (κ1) is 35.8. The third-order valence-electron chi connectivity index (χ3n) is 6.64. The maximum Gasteiger partial charge on any atom is 0.296 e. The van der Waals surface area contributed by atoms with Gasteiger partial charge in [0.05, 0.1) is 27.6 Å². The highest BCUT2D eigenvalue weighted by atomic mass is 35.5. The molecular weight excluding hydrogens is 747 g/mol. The molecule has 0 spiro atoms. The van der Waals surface area contributed by atoms with Gasteiger partial charge in [-0.05, 0) is 96.7 Å². The zero-order valence-electron chi connectivity index (χ0n) is 24.7. The average molecular weight is 768 g/mol. The van der Waals surface area contributed by atoms with Crippen molar-refractivity contribution in [3.8, 4) is 0 Å². The van der Waals surface area contributed by atoms with Crippen molar-refractivity contribution >= 4 is 98.7 Å². The Kier molecular flexibility index (Phi) is 9.78. The van der Waals surface area contributed by atoms with Gasteiger partial charge < -0.3 is 5.32 Å². The summed E-state index contributed by atoms with van der Waals surface area (Å²) >= 11 is 11.7. The minimum absolute atomic E-state index is 0.0279. The van der Waals surface area contributed by atoms with E-state index in [9.17, 15) is 38.9 Å². The van der Waals surface area contributed by atoms with Gasteiger partial charge in [0.15, 0.2) is 0 Å². The molecule has 22 heteroatoms. The SMILES string of the molecule is Cc1cc(N=Nc2ccc(Nc3nc(Cl)nc(Cl)n3)c3c(S(=O)(=O)O)cccc23)c(C)cc1N=Nc1cc(S(=O)(=O)O)ccc1S(=O)(=O)O. The maximum absolute atomic E-state index is 12.3. The quantitative estimate of drug-likeness (QED) is 0.0851. The lowest BCUT2D eigenvalue weighted by Crippen LogP contribution is -2.03. The number of anilines is 2. The molecule has 0 saturated carbocycles. The molecule has 17 nitrogen and oxygen atoms in total. The van der Waals surface area contributed by atoms with Crippen molar-refractivity contribution in [2.75, 3.05) is 5.32 Å². The van der Waals surface area contributed by atoms with Crippen molar-refractivity contribution in [2.24, 2.45) is 20.5 Å². The number of nitrogens with zero attached hydrogens (tertiary/aromatic N) is 7. The molecule has 0 aliphatic rings. The van der Waals surface area contributed by atoms with Crippen LogP contribution in [0.4, 0.5) is 34.4 Å². The third-order valence-corrected chi connectivity index (χ3v) is 9.62. The number of benzene rings is 4. The summed E-state index contributed by atoms with van der Waals surface area (Å²) in [7, 11) is -14.3. The van der Waals surface area contributed by atoms with E-state index in [-0.39, 0.29) is 44.4 Å². The number of azo groups is 2. The monoisotopic (exact) mass is 766 g/mol. The molecule has 5 aromatic rings. The van der Waals surface area contributed by atoms with Crippen LogP contribution in [0.15, 0.2) is 95.8 Å². The first-order chi connectivity index (χ1) is 22.8. The summed E-state index contributed by atoms with van der Waals surface area (Å²) in [4.78, 5) is 9.64. The third kappa shape index (κ3) is 8.20. The van der Waals surface area contributed by atoms with Crippen LogP contribution in [0.25, 0.3) is 10.8 Å². The normalized spacial score (nSPS) is 12.7. The molecule has 0 atom stereocenters. The van der Waals surface area contributed by atoms with E-state index < -0.39 is 50.7 Å². The summed E-state index contributed by atoms with van der Waals surface area (Å²) in [5.74, 6) is -0.102. The molecule has 5 rings (SSSR count). The molecule has 0 unspecified atom stereocenters. The van der Waals surface area contributed by atoms with E-state index in [0.717, 1.165) is 18.2 Å². The van der Waals surface area contributed by atoms with Crippen LogP contribution in [0.2, 0.25) is 10.6 Å². The molecule has 0 amide bonds. The number of hydrogen-bond donors (Lipinski definition) is 4. The summed E-state index contributed by atoms with van der Waals surface area (Å²) in [6.45, 7) is 3.28. The Morgan fingerprint density at radius 2 is 1.16 bits per heavy atom. The fourth-order valence-corrected chi connectivity index (χ4v) is 6.63. The van der Waals surface area contributed by atoms with Gasteiger partial charge in [0, 0.05) is 10.8 Å². The molecular formula is C27H20Cl2N8O9S3. The van der Waals surface area contributed by atoms with Gasteiger partial charge in [0.2, 0.25) is 16.5 Å². The van der Waals surface area contributed by atoms with Gasteiger partial charge in [0.1, 0.15) is 15.5 Å². The second kappa shape index (κ2) is 13.4. The summed E-state index contributed by atoms with van der Waals surface area (Å²) in [6.07, 6.45) is 0. The van der Waals surface area contributed by atoms with Crippen molar-refractivity contribution in [1.29, 1.82) is 0 Å². The van der Waals surface area contributed by atoms with Crippen LogP contribution in [0.1, 0.15) is 11.1 Å². The molecule has 49 heavy (non-hydrogen) atoms. The van der Waals surface area contributed by atoms with E-state index >= 15 is 0 Å². The first-order valence-electron chi connectivity index (χ1n) is 13.2. The lowest BCUT2D eigenvalue weighted by molar-refractivity contribution is 0.478. The molecule has 4 N–H and O–H groups in total. The molecule has 4 aromatic carbocycles. The zero-order valence-corrected chi connectivity index (χ0v) is 28.6. The molecule has 254 valence electrons. The fourth-order valence-electron chi connectivity index (χ4n) is 4.44. The van der Waals surface area contributed by atoms with Crippen molar-refractivity contribution in [3.05, 3.63) is 82.4 Å². The number of fused-ring (bicyclic) bond motifs is 1. The lowest BCUT2D eigenvalue weighted by Gasteiger charge is -2.13. The van der Waals surface area contributed by atoms with Crippen LogP contribution >= 0.6 is 23.2 Å². The van der Waals surface area contributed by atoms with E-state index in [0.29, 0.717) is 16.8 Å². The van der Waals surface area contributed by atoms with Crippen molar-refractivity contribution < 1.29 is 38.9 Å². The molecule has 0 saturated heterocycles. The molecule has 0 radical (unpaired) electrons. The number of rotatable bonds is 9. The Bertz CT molecular complexity index is 2550. The van der Waals surface area contributed by atoms with Gasteiger partial charge in [-0.25, -0.2) is 0 Å². The van der Waals surface area contributed by atoms with E-state index in [1.165, 1.54) is 30.3 Å². The molecule has 0 bridgehead atoms. The van der Waals surface area contributed by atoms with Crippen LogP contribution < -0.4 is 5.32 Å². The van der Waals surface area contributed by atoms with Crippen molar-refractivity contribution in [3.63, 3.8) is 0 Å². The van der Waals surface area contributed by atoms with E-state index in [1.807, 2.05) is 0 Å². The number of nitrogens with one attached hydrogen (secondary N) is 1. The largest absolute Gasteiger partial charge is 0.323 e. The summed E-state index contributed by atoms with van der Waals surface area (Å²) in [5.41, 5.74) is 1.35. The number of aryl methyl sites for hydroxylation is 2. The van der Waals surface area contributed by atoms with Gasteiger partial charge in [-0.15, -0.1) is 10.2 Å². The zero-order chi connectivity index (χ0) is 35.9. The Balaban J connectivity index is 1.54. The van der Waals surface area contributed by atoms with Gasteiger partial charge in [-0.3, -0.25) is 13.7 Å². The van der Waals surface area contributed by atoms with Crippen LogP contribution in [-0.4, -0.2) is 53.9 Å². The Morgan fingerprint density at radius 3 is 1.71 bits per heavy atom. The molecule has 0 aliphatic heterocycles. The number of aromatic nitrogens is 3. The summed E-state index contributed by atoms with van der Waals surface area (Å²) < 4.78 is 100. The van der Waals surface area contributed by atoms with Crippen molar-refractivity contribution in [1.82, 2.24) is 15.0 Å². The Labute approximate surface area is 288 Å². The molecule has 0 fully saturated rings. The van der Waals surface area contributed by atoms with E-state index in [2.05, 4.69) is 40.7 Å². The standard InChI is InChI=1S/C27H20Cl2N8O9S3/c1-13-11-20(36-37-21-12-15(47(38,39)40)6-9-22(21)48(41,42)43)14(2)10-19(13)35-34-17-7-8-18(30-27-32-25(28)31-26(29)33-27)24-16(17)4-3-5-23(24)49(44,45)46/h3-12H,1-2H3,(H,38,39,40)(H,41,42,43)(H,44,45,46)(H,30,31,32,33). The molecule has 1 aromatic heterocycles. The van der Waals surface area contributed by atoms with Gasteiger partial charge in [-0.2, -0.15) is 50.4 Å². The minimum atomic E-state index is -4.84. The van der Waals surface area contributed by atoms with Crippen LogP contribution in [0.3, 0.4) is 0 Å². The smallest absolute Gasteiger partial charge is 0.296 e. The highest BCUT2D eigenvalue weighted by Gasteiger charge is 2.21. The average Bonchev–Trinajstić information content (AvgIpc) is 2.99. The summed E-state index contributed by atoms with van der Waals surface area (Å²) in [5, 5.41) is 19.1. The Hall–Kier alpha value is -4.54. The van der Waals surface area contributed by atoms with E-state index in [4.69, 9.17) is 23.2 Å². The fraction of sp³-hybridized carbons (Fsp3) is 0.0741. The van der Waals surface area contributed by atoms with Crippen molar-refractivity contribution in [2.45, 2.75) is 28.5 Å². The second-order valence-electron chi connectivity index (χ2n) is 10.0. The predicted molar refractivity (Wildman–Crippen MR) is 177 cm³/mol. The van der Waals surface area contributed by atoms with Gasteiger partial charge >= 0.3 is 0 Å². The minimum Gasteiger partial charge on any atom is -0.323 e. The molecule has 0 aliphatic carbocycles. The van der Waals surface area contributed by atoms with E-state index in [1.54, 1.807) is 26.0 Å². The summed E-state index contributed by atoms with van der Waals surface area (Å²) in [6, 6.07) is 12.5. The van der Waals surface area contributed by atoms with Crippen LogP contribution in [0, 0.1) is 13.8 Å². The highest BCUT2D eigenvalue weighted by Crippen LogP contribution is 2.39. The number of halogens is 2. The Morgan fingerprint density at radius 1 is 0.612 bits per heavy atom. The topological polar surface area (TPSA) is 263 Å².